The molecule has 0 aromatic carbocycles. The number of nitrogens with one attached hydrogen (secondary N) is 1. The van der Waals surface area contributed by atoms with E-state index in [2.05, 4.69) is 10.2 Å². The van der Waals surface area contributed by atoms with Gasteiger partial charge in [0.2, 0.25) is 5.91 Å². The summed E-state index contributed by atoms with van der Waals surface area (Å²) in [6, 6.07) is 0.796. The number of hydrogen-bond donors (Lipinski definition) is 2. The van der Waals surface area contributed by atoms with Gasteiger partial charge in [-0.1, -0.05) is 0 Å². The Labute approximate surface area is 118 Å². The number of rotatable bonds is 5. The summed E-state index contributed by atoms with van der Waals surface area (Å²) in [5.41, 5.74) is 0. The third-order valence-corrected chi connectivity index (χ3v) is 4.53. The van der Waals surface area contributed by atoms with Crippen LogP contribution in [0.5, 0.6) is 0 Å². The second-order valence-corrected chi connectivity index (χ2v) is 6.15. The lowest BCUT2D eigenvalue weighted by Gasteiger charge is -2.16. The summed E-state index contributed by atoms with van der Waals surface area (Å²) >= 11 is 0. The third-order valence-electron chi connectivity index (χ3n) is 4.53. The van der Waals surface area contributed by atoms with Crippen LogP contribution in [-0.2, 0) is 14.3 Å². The first-order valence-electron chi connectivity index (χ1n) is 7.53. The summed E-state index contributed by atoms with van der Waals surface area (Å²) < 4.78 is 5.25. The summed E-state index contributed by atoms with van der Waals surface area (Å²) in [6.07, 6.45) is 3.31. The van der Waals surface area contributed by atoms with E-state index in [0.717, 1.165) is 25.6 Å². The van der Waals surface area contributed by atoms with E-state index in [1.54, 1.807) is 0 Å². The molecule has 2 aliphatic heterocycles. The number of carboxylic acids is 1. The van der Waals surface area contributed by atoms with Crippen molar-refractivity contribution in [3.63, 3.8) is 0 Å². The highest BCUT2D eigenvalue weighted by molar-refractivity contribution is 5.82. The molecule has 1 saturated carbocycles. The number of carboxylic acid groups (broad SMARTS) is 1. The van der Waals surface area contributed by atoms with Gasteiger partial charge in [-0.05, 0) is 44.6 Å². The third kappa shape index (κ3) is 3.12. The van der Waals surface area contributed by atoms with Crippen molar-refractivity contribution in [2.24, 2.45) is 5.92 Å². The van der Waals surface area contributed by atoms with Gasteiger partial charge < -0.3 is 20.1 Å². The van der Waals surface area contributed by atoms with Crippen LogP contribution >= 0.6 is 0 Å². The zero-order valence-corrected chi connectivity index (χ0v) is 11.6. The minimum absolute atomic E-state index is 0.154. The van der Waals surface area contributed by atoms with Crippen LogP contribution in [0, 0.1) is 5.92 Å². The predicted molar refractivity (Wildman–Crippen MR) is 71.2 cm³/mol. The first kappa shape index (κ1) is 13.8. The zero-order chi connectivity index (χ0) is 14.1. The highest BCUT2D eigenvalue weighted by Crippen LogP contribution is 2.31. The van der Waals surface area contributed by atoms with E-state index in [-0.39, 0.29) is 5.91 Å². The maximum absolute atomic E-state index is 12.0. The van der Waals surface area contributed by atoms with E-state index < -0.39 is 18.2 Å². The van der Waals surface area contributed by atoms with Crippen LogP contribution in [0.3, 0.4) is 0 Å². The zero-order valence-electron chi connectivity index (χ0n) is 11.6. The SMILES string of the molecule is O=C(NCC1CCN(C2CC2)C1)[C@@H]1CC[C@H](C(=O)O)O1. The quantitative estimate of drug-likeness (QED) is 0.754. The lowest BCUT2D eigenvalue weighted by atomic mass is 10.1. The van der Waals surface area contributed by atoms with Gasteiger partial charge in [0.05, 0.1) is 0 Å². The first-order chi connectivity index (χ1) is 9.63. The molecular weight excluding hydrogens is 260 g/mol. The van der Waals surface area contributed by atoms with Gasteiger partial charge >= 0.3 is 5.97 Å². The molecule has 0 aromatic heterocycles. The van der Waals surface area contributed by atoms with Crippen molar-refractivity contribution in [1.82, 2.24) is 10.2 Å². The van der Waals surface area contributed by atoms with E-state index in [0.29, 0.717) is 25.3 Å². The summed E-state index contributed by atoms with van der Waals surface area (Å²) in [4.78, 5) is 25.3. The average Bonchev–Trinajstić information content (AvgIpc) is 2.98. The molecule has 20 heavy (non-hydrogen) atoms. The molecule has 2 N–H and O–H groups in total. The van der Waals surface area contributed by atoms with Crippen molar-refractivity contribution in [2.45, 2.75) is 50.4 Å². The monoisotopic (exact) mass is 282 g/mol. The van der Waals surface area contributed by atoms with Crippen molar-refractivity contribution in [2.75, 3.05) is 19.6 Å². The summed E-state index contributed by atoms with van der Waals surface area (Å²) in [6.45, 7) is 2.90. The Morgan fingerprint density at radius 3 is 2.55 bits per heavy atom. The summed E-state index contributed by atoms with van der Waals surface area (Å²) in [5, 5.41) is 11.8. The van der Waals surface area contributed by atoms with Gasteiger partial charge in [-0.3, -0.25) is 4.79 Å². The van der Waals surface area contributed by atoms with Gasteiger partial charge in [-0.25, -0.2) is 4.79 Å². The standard InChI is InChI=1S/C14H22N2O4/c17-13(11-3-4-12(20-11)14(18)19)15-7-9-5-6-16(8-9)10-1-2-10/h9-12H,1-8H2,(H,15,17)(H,18,19)/t9?,11-,12+/m0/s1. The van der Waals surface area contributed by atoms with E-state index in [1.807, 2.05) is 0 Å². The molecule has 0 spiro atoms. The molecule has 3 aliphatic rings. The van der Waals surface area contributed by atoms with Crippen LogP contribution in [0.25, 0.3) is 0 Å². The molecule has 112 valence electrons. The second kappa shape index (κ2) is 5.69. The highest BCUT2D eigenvalue weighted by Gasteiger charge is 2.36. The number of amides is 1. The topological polar surface area (TPSA) is 78.9 Å². The number of aliphatic carboxylic acids is 1. The Morgan fingerprint density at radius 2 is 1.90 bits per heavy atom. The molecule has 3 atom stereocenters. The number of carbonyl (C=O) groups is 2. The van der Waals surface area contributed by atoms with Gasteiger partial charge in [-0.2, -0.15) is 0 Å². The Kier molecular flexibility index (Phi) is 3.94. The Morgan fingerprint density at radius 1 is 1.15 bits per heavy atom. The van der Waals surface area contributed by atoms with E-state index in [1.165, 1.54) is 12.8 Å². The molecule has 2 heterocycles. The fraction of sp³-hybridized carbons (Fsp3) is 0.857. The largest absolute Gasteiger partial charge is 0.479 e. The Hall–Kier alpha value is -1.14. The number of likely N-dealkylation sites (tertiary alicyclic amines) is 1. The number of carbonyl (C=O) groups excluding carboxylic acids is 1. The number of nitrogens with zero attached hydrogens (tertiary/aromatic N) is 1. The molecule has 2 saturated heterocycles. The molecule has 6 heteroatoms. The van der Waals surface area contributed by atoms with Gasteiger partial charge in [-0.15, -0.1) is 0 Å². The molecule has 0 radical (unpaired) electrons. The molecule has 3 fully saturated rings. The van der Waals surface area contributed by atoms with E-state index in [9.17, 15) is 9.59 Å². The fourth-order valence-corrected chi connectivity index (χ4v) is 3.17. The Balaban J connectivity index is 1.38. The van der Waals surface area contributed by atoms with Crippen LogP contribution in [0.4, 0.5) is 0 Å². The molecule has 0 aromatic rings. The van der Waals surface area contributed by atoms with Crippen molar-refractivity contribution in [1.29, 1.82) is 0 Å². The maximum atomic E-state index is 12.0. The van der Waals surface area contributed by atoms with Gasteiger partial charge in [0.15, 0.2) is 6.10 Å². The van der Waals surface area contributed by atoms with Crippen molar-refractivity contribution >= 4 is 11.9 Å². The lowest BCUT2D eigenvalue weighted by Crippen LogP contribution is -2.38. The molecular formula is C14H22N2O4. The van der Waals surface area contributed by atoms with E-state index in [4.69, 9.17) is 9.84 Å². The van der Waals surface area contributed by atoms with Crippen molar-refractivity contribution in [3.8, 4) is 0 Å². The first-order valence-corrected chi connectivity index (χ1v) is 7.53. The van der Waals surface area contributed by atoms with Crippen LogP contribution < -0.4 is 5.32 Å². The summed E-state index contributed by atoms with van der Waals surface area (Å²) in [5.74, 6) is -0.606. The molecule has 6 nitrogen and oxygen atoms in total. The molecule has 3 rings (SSSR count). The normalized spacial score (nSPS) is 34.3. The van der Waals surface area contributed by atoms with Crippen molar-refractivity contribution < 1.29 is 19.4 Å². The molecule has 0 bridgehead atoms. The van der Waals surface area contributed by atoms with Crippen LogP contribution in [-0.4, -0.2) is 59.8 Å². The predicted octanol–water partition coefficient (Wildman–Crippen LogP) is 0.219. The minimum atomic E-state index is -0.976. The van der Waals surface area contributed by atoms with Crippen LogP contribution in [0.1, 0.15) is 32.1 Å². The van der Waals surface area contributed by atoms with Gasteiger partial charge in [0, 0.05) is 19.1 Å². The number of hydrogen-bond acceptors (Lipinski definition) is 4. The highest BCUT2D eigenvalue weighted by atomic mass is 16.5. The summed E-state index contributed by atoms with van der Waals surface area (Å²) in [7, 11) is 0. The molecule has 1 unspecified atom stereocenters. The number of ether oxygens (including phenoxy) is 1. The second-order valence-electron chi connectivity index (χ2n) is 6.15. The Bertz CT molecular complexity index is 397. The average molecular weight is 282 g/mol. The molecule has 1 amide bonds. The lowest BCUT2D eigenvalue weighted by molar-refractivity contribution is -0.151. The maximum Gasteiger partial charge on any atom is 0.332 e. The van der Waals surface area contributed by atoms with Crippen LogP contribution in [0.2, 0.25) is 0 Å². The van der Waals surface area contributed by atoms with E-state index >= 15 is 0 Å². The fourth-order valence-electron chi connectivity index (χ4n) is 3.17. The smallest absolute Gasteiger partial charge is 0.332 e. The minimum Gasteiger partial charge on any atom is -0.479 e. The molecule has 1 aliphatic carbocycles. The van der Waals surface area contributed by atoms with Crippen LogP contribution in [0.15, 0.2) is 0 Å². The van der Waals surface area contributed by atoms with Crippen molar-refractivity contribution in [3.05, 3.63) is 0 Å². The van der Waals surface area contributed by atoms with Gasteiger partial charge in [0.25, 0.3) is 0 Å². The van der Waals surface area contributed by atoms with Gasteiger partial charge in [0.1, 0.15) is 6.10 Å².